The van der Waals surface area contributed by atoms with Gasteiger partial charge in [0.25, 0.3) is 0 Å². The van der Waals surface area contributed by atoms with E-state index in [0.717, 1.165) is 19.5 Å². The van der Waals surface area contributed by atoms with Crippen molar-refractivity contribution in [2.75, 3.05) is 13.1 Å². The highest BCUT2D eigenvalue weighted by Crippen LogP contribution is 2.21. The fourth-order valence-corrected chi connectivity index (χ4v) is 2.37. The van der Waals surface area contributed by atoms with Crippen LogP contribution in [0.2, 0.25) is 5.02 Å². The molecule has 1 aliphatic heterocycles. The van der Waals surface area contributed by atoms with Gasteiger partial charge in [0, 0.05) is 12.8 Å². The first kappa shape index (κ1) is 12.5. The van der Waals surface area contributed by atoms with Crippen molar-refractivity contribution in [3.63, 3.8) is 0 Å². The molecule has 1 fully saturated rings. The van der Waals surface area contributed by atoms with Crippen LogP contribution in [-0.4, -0.2) is 18.9 Å². The highest BCUT2D eigenvalue weighted by molar-refractivity contribution is 6.31. The van der Waals surface area contributed by atoms with E-state index in [4.69, 9.17) is 11.6 Å². The summed E-state index contributed by atoms with van der Waals surface area (Å²) in [6.07, 6.45) is 1.83. The van der Waals surface area contributed by atoms with Crippen LogP contribution in [0.4, 0.5) is 4.39 Å². The normalized spacial score (nSPS) is 19.5. The van der Waals surface area contributed by atoms with Gasteiger partial charge in [0.15, 0.2) is 0 Å². The van der Waals surface area contributed by atoms with Crippen molar-refractivity contribution in [2.24, 2.45) is 5.92 Å². The second-order valence-electron chi connectivity index (χ2n) is 4.49. The second-order valence-corrected chi connectivity index (χ2v) is 4.87. The Labute approximate surface area is 105 Å². The largest absolute Gasteiger partial charge is 0.316 e. The predicted molar refractivity (Wildman–Crippen MR) is 65.7 cm³/mol. The average molecular weight is 256 g/mol. The molecule has 1 aliphatic rings. The first-order valence-electron chi connectivity index (χ1n) is 5.82. The number of nitrogens with one attached hydrogen (secondary N) is 1. The van der Waals surface area contributed by atoms with Gasteiger partial charge in [-0.2, -0.15) is 0 Å². The quantitative estimate of drug-likeness (QED) is 0.896. The van der Waals surface area contributed by atoms with Crippen molar-refractivity contribution in [3.8, 4) is 0 Å². The van der Waals surface area contributed by atoms with E-state index in [2.05, 4.69) is 5.32 Å². The van der Waals surface area contributed by atoms with Crippen molar-refractivity contribution in [1.29, 1.82) is 0 Å². The molecule has 0 spiro atoms. The summed E-state index contributed by atoms with van der Waals surface area (Å²) in [4.78, 5) is 11.8. The van der Waals surface area contributed by atoms with Gasteiger partial charge in [0.05, 0.1) is 5.02 Å². The van der Waals surface area contributed by atoms with Crippen LogP contribution in [0.1, 0.15) is 18.4 Å². The Balaban J connectivity index is 1.95. The van der Waals surface area contributed by atoms with Crippen molar-refractivity contribution in [3.05, 3.63) is 34.6 Å². The zero-order chi connectivity index (χ0) is 12.3. The molecule has 1 aromatic rings. The molecule has 2 nitrogen and oxygen atoms in total. The lowest BCUT2D eigenvalue weighted by molar-refractivity contribution is -0.119. The third-order valence-corrected chi connectivity index (χ3v) is 3.52. The number of benzene rings is 1. The van der Waals surface area contributed by atoms with Gasteiger partial charge in [-0.15, -0.1) is 0 Å². The maximum atomic E-state index is 13.2. The molecule has 17 heavy (non-hydrogen) atoms. The highest BCUT2D eigenvalue weighted by atomic mass is 35.5. The maximum absolute atomic E-state index is 13.2. The number of rotatable bonds is 4. The zero-order valence-electron chi connectivity index (χ0n) is 9.51. The number of hydrogen-bond donors (Lipinski definition) is 1. The van der Waals surface area contributed by atoms with Crippen LogP contribution >= 0.6 is 11.6 Å². The molecule has 1 N–H and O–H groups in total. The topological polar surface area (TPSA) is 29.1 Å². The molecule has 1 heterocycles. The molecule has 1 atom stereocenters. The second kappa shape index (κ2) is 5.61. The summed E-state index contributed by atoms with van der Waals surface area (Å²) in [6.45, 7) is 1.89. The summed E-state index contributed by atoms with van der Waals surface area (Å²) in [5, 5.41) is 3.30. The molecule has 0 aromatic heterocycles. The molecule has 92 valence electrons. The number of Topliss-reactive ketones (excluding diaryl/α,β-unsaturated/α-hetero) is 1. The molecule has 0 amide bonds. The van der Waals surface area contributed by atoms with Gasteiger partial charge >= 0.3 is 0 Å². The van der Waals surface area contributed by atoms with Crippen LogP contribution in [0, 0.1) is 11.7 Å². The molecule has 1 aromatic carbocycles. The summed E-state index contributed by atoms with van der Waals surface area (Å²) in [7, 11) is 0. The number of carbonyl (C=O) groups excluding carboxylic acids is 1. The van der Waals surface area contributed by atoms with E-state index in [0.29, 0.717) is 17.9 Å². The van der Waals surface area contributed by atoms with Crippen LogP contribution in [0.25, 0.3) is 0 Å². The summed E-state index contributed by atoms with van der Waals surface area (Å²) in [5.41, 5.74) is 0.586. The molecule has 4 heteroatoms. The Morgan fingerprint density at radius 3 is 3.06 bits per heavy atom. The maximum Gasteiger partial charge on any atom is 0.142 e. The van der Waals surface area contributed by atoms with E-state index in [9.17, 15) is 9.18 Å². The van der Waals surface area contributed by atoms with E-state index in [1.54, 1.807) is 12.1 Å². The van der Waals surface area contributed by atoms with Crippen LogP contribution in [0.3, 0.4) is 0 Å². The summed E-state index contributed by atoms with van der Waals surface area (Å²) in [6, 6.07) is 4.59. The van der Waals surface area contributed by atoms with Crippen LogP contribution in [0.5, 0.6) is 0 Å². The molecule has 0 bridgehead atoms. The third-order valence-electron chi connectivity index (χ3n) is 3.10. The Morgan fingerprint density at radius 2 is 2.35 bits per heavy atom. The number of carbonyl (C=O) groups is 1. The molecular formula is C13H15ClFNO. The van der Waals surface area contributed by atoms with Gasteiger partial charge in [-0.05, 0) is 37.1 Å². The molecular weight excluding hydrogens is 241 g/mol. The number of halogens is 2. The molecule has 0 radical (unpaired) electrons. The minimum atomic E-state index is -0.459. The first-order chi connectivity index (χ1) is 8.16. The third kappa shape index (κ3) is 3.27. The lowest BCUT2D eigenvalue weighted by Gasteiger charge is -2.08. The molecule has 0 aliphatic carbocycles. The summed E-state index contributed by atoms with van der Waals surface area (Å²) < 4.78 is 13.2. The van der Waals surface area contributed by atoms with E-state index >= 15 is 0 Å². The Hall–Kier alpha value is -0.930. The highest BCUT2D eigenvalue weighted by Gasteiger charge is 2.19. The van der Waals surface area contributed by atoms with Crippen LogP contribution < -0.4 is 5.32 Å². The Bertz CT molecular complexity index is 416. The van der Waals surface area contributed by atoms with Gasteiger partial charge in [-0.3, -0.25) is 4.79 Å². The minimum absolute atomic E-state index is 0.0744. The smallest absolute Gasteiger partial charge is 0.142 e. The van der Waals surface area contributed by atoms with E-state index in [-0.39, 0.29) is 17.2 Å². The van der Waals surface area contributed by atoms with Crippen molar-refractivity contribution < 1.29 is 9.18 Å². The molecule has 1 unspecified atom stereocenters. The van der Waals surface area contributed by atoms with E-state index < -0.39 is 5.82 Å². The van der Waals surface area contributed by atoms with Gasteiger partial charge in [0.1, 0.15) is 11.6 Å². The fourth-order valence-electron chi connectivity index (χ4n) is 2.18. The molecule has 2 rings (SSSR count). The molecule has 1 saturated heterocycles. The standard InChI is InChI=1S/C13H15ClFNO/c14-13-10(2-1-3-12(13)15)7-11(17)6-9-4-5-16-8-9/h1-3,9,16H,4-8H2. The van der Waals surface area contributed by atoms with Crippen molar-refractivity contribution >= 4 is 17.4 Å². The van der Waals surface area contributed by atoms with Gasteiger partial charge in [-0.25, -0.2) is 4.39 Å². The fraction of sp³-hybridized carbons (Fsp3) is 0.462. The van der Waals surface area contributed by atoms with Crippen molar-refractivity contribution in [1.82, 2.24) is 5.32 Å². The van der Waals surface area contributed by atoms with Gasteiger partial charge in [-0.1, -0.05) is 23.7 Å². The van der Waals surface area contributed by atoms with Crippen molar-refractivity contribution in [2.45, 2.75) is 19.3 Å². The number of hydrogen-bond acceptors (Lipinski definition) is 2. The molecule has 0 saturated carbocycles. The van der Waals surface area contributed by atoms with Gasteiger partial charge < -0.3 is 5.32 Å². The Kier molecular flexibility index (Phi) is 4.13. The lowest BCUT2D eigenvalue weighted by Crippen LogP contribution is -2.14. The van der Waals surface area contributed by atoms with Crippen LogP contribution in [0.15, 0.2) is 18.2 Å². The lowest BCUT2D eigenvalue weighted by atomic mass is 9.98. The summed E-state index contributed by atoms with van der Waals surface area (Å²) in [5.74, 6) is 0.0977. The predicted octanol–water partition coefficient (Wildman–Crippen LogP) is 2.59. The minimum Gasteiger partial charge on any atom is -0.316 e. The first-order valence-corrected chi connectivity index (χ1v) is 6.20. The zero-order valence-corrected chi connectivity index (χ0v) is 10.3. The van der Waals surface area contributed by atoms with Crippen LogP contribution in [-0.2, 0) is 11.2 Å². The Morgan fingerprint density at radius 1 is 1.53 bits per heavy atom. The summed E-state index contributed by atoms with van der Waals surface area (Å²) >= 11 is 5.81. The van der Waals surface area contributed by atoms with E-state index in [1.165, 1.54) is 6.07 Å². The van der Waals surface area contributed by atoms with Gasteiger partial charge in [0.2, 0.25) is 0 Å². The van der Waals surface area contributed by atoms with E-state index in [1.807, 2.05) is 0 Å². The number of ketones is 1. The monoisotopic (exact) mass is 255 g/mol. The average Bonchev–Trinajstić information content (AvgIpc) is 2.77. The SMILES string of the molecule is O=C(Cc1cccc(F)c1Cl)CC1CCNC1.